The maximum atomic E-state index is 13.6. The molecule has 5 nitrogen and oxygen atoms in total. The summed E-state index contributed by atoms with van der Waals surface area (Å²) in [6.45, 7) is 3.18. The first-order valence-corrected chi connectivity index (χ1v) is 13.8. The fourth-order valence-electron chi connectivity index (χ4n) is 7.75. The number of rotatable bonds is 4. The van der Waals surface area contributed by atoms with Gasteiger partial charge in [0.05, 0.1) is 13.2 Å². The zero-order chi connectivity index (χ0) is 24.9. The number of carbonyl (C=O) groups excluding carboxylic acids is 1. The molecule has 3 aromatic carbocycles. The van der Waals surface area contributed by atoms with Crippen LogP contribution >= 0.6 is 0 Å². The fourth-order valence-corrected chi connectivity index (χ4v) is 7.75. The number of piperazine rings is 1. The summed E-state index contributed by atoms with van der Waals surface area (Å²) in [5, 5.41) is 3.91. The number of hydrogen-bond donors (Lipinski definition) is 1. The molecule has 4 aliphatic rings. The number of methoxy groups -OCH3 is 1. The number of anilines is 2. The van der Waals surface area contributed by atoms with Gasteiger partial charge < -0.3 is 19.9 Å². The van der Waals surface area contributed by atoms with Crippen molar-refractivity contribution in [2.24, 2.45) is 17.8 Å². The Morgan fingerprint density at radius 1 is 0.892 bits per heavy atom. The molecular formula is C32H35N3O2. The summed E-state index contributed by atoms with van der Waals surface area (Å²) in [6.07, 6.45) is 4.02. The molecule has 5 atom stereocenters. The molecule has 1 N–H and O–H groups in total. The van der Waals surface area contributed by atoms with Crippen LogP contribution in [0.2, 0.25) is 0 Å². The van der Waals surface area contributed by atoms with Gasteiger partial charge in [-0.3, -0.25) is 4.79 Å². The predicted octanol–water partition coefficient (Wildman–Crippen LogP) is 5.95. The average molecular weight is 494 g/mol. The minimum atomic E-state index is 0.169. The van der Waals surface area contributed by atoms with Gasteiger partial charge in [-0.15, -0.1) is 0 Å². The van der Waals surface area contributed by atoms with Crippen LogP contribution in [0.5, 0.6) is 5.75 Å². The van der Waals surface area contributed by atoms with Gasteiger partial charge in [0, 0.05) is 43.1 Å². The van der Waals surface area contributed by atoms with Crippen LogP contribution < -0.4 is 15.0 Å². The maximum Gasteiger partial charge on any atom is 0.253 e. The van der Waals surface area contributed by atoms with Gasteiger partial charge in [-0.05, 0) is 96.5 Å². The van der Waals surface area contributed by atoms with Gasteiger partial charge in [-0.1, -0.05) is 30.3 Å². The van der Waals surface area contributed by atoms with Crippen molar-refractivity contribution in [1.82, 2.24) is 4.90 Å². The lowest BCUT2D eigenvalue weighted by Crippen LogP contribution is -2.48. The summed E-state index contributed by atoms with van der Waals surface area (Å²) in [5.41, 5.74) is 6.03. The average Bonchev–Trinajstić information content (AvgIpc) is 3.60. The van der Waals surface area contributed by atoms with Crippen molar-refractivity contribution in [3.63, 3.8) is 0 Å². The van der Waals surface area contributed by atoms with Crippen molar-refractivity contribution in [2.75, 3.05) is 43.5 Å². The molecule has 37 heavy (non-hydrogen) atoms. The molecule has 1 amide bonds. The third kappa shape index (κ3) is 3.87. The van der Waals surface area contributed by atoms with E-state index in [0.717, 1.165) is 49.3 Å². The maximum absolute atomic E-state index is 13.6. The largest absolute Gasteiger partial charge is 0.497 e. The number of hydrogen-bond acceptors (Lipinski definition) is 4. The van der Waals surface area contributed by atoms with Crippen LogP contribution in [0, 0.1) is 17.8 Å². The summed E-state index contributed by atoms with van der Waals surface area (Å²) in [7, 11) is 1.69. The fraction of sp³-hybridized carbons (Fsp3) is 0.406. The molecule has 3 aromatic rings. The number of carbonyl (C=O) groups is 1. The van der Waals surface area contributed by atoms with Crippen molar-refractivity contribution < 1.29 is 9.53 Å². The van der Waals surface area contributed by atoms with E-state index >= 15 is 0 Å². The lowest BCUT2D eigenvalue weighted by molar-refractivity contribution is 0.0746. The van der Waals surface area contributed by atoms with Crippen molar-refractivity contribution in [3.8, 4) is 5.75 Å². The van der Waals surface area contributed by atoms with E-state index in [-0.39, 0.29) is 5.91 Å². The Morgan fingerprint density at radius 3 is 2.41 bits per heavy atom. The second-order valence-corrected chi connectivity index (χ2v) is 11.2. The third-order valence-corrected chi connectivity index (χ3v) is 9.50. The summed E-state index contributed by atoms with van der Waals surface area (Å²) in [6, 6.07) is 26.0. The molecule has 0 radical (unpaired) electrons. The molecule has 3 fully saturated rings. The standard InChI is InChI=1S/C32H35N3O2/c1-37-26-12-10-25(11-13-26)34-15-17-35(18-16-34)32(36)24-9-14-28-27(20-24)29-22-7-8-23(19-22)30(29)31(33-28)21-5-3-2-4-6-21/h2-6,9-14,20,22-23,29-31,33H,7-8,15-19H2,1H3/t22-,23-,29-,30+,31+/m0/s1. The van der Waals surface area contributed by atoms with E-state index in [4.69, 9.17) is 4.74 Å². The van der Waals surface area contributed by atoms with Crippen molar-refractivity contribution in [2.45, 2.75) is 31.2 Å². The minimum Gasteiger partial charge on any atom is -0.497 e. The van der Waals surface area contributed by atoms with Gasteiger partial charge in [0.25, 0.3) is 5.91 Å². The van der Waals surface area contributed by atoms with Crippen molar-refractivity contribution in [1.29, 1.82) is 0 Å². The van der Waals surface area contributed by atoms with E-state index in [2.05, 4.69) is 64.8 Å². The van der Waals surface area contributed by atoms with Crippen LogP contribution in [0.3, 0.4) is 0 Å². The smallest absolute Gasteiger partial charge is 0.253 e. The minimum absolute atomic E-state index is 0.169. The highest BCUT2D eigenvalue weighted by atomic mass is 16.5. The molecule has 7 rings (SSSR count). The molecule has 0 unspecified atom stereocenters. The monoisotopic (exact) mass is 493 g/mol. The zero-order valence-electron chi connectivity index (χ0n) is 21.5. The van der Waals surface area contributed by atoms with E-state index in [1.807, 2.05) is 23.1 Å². The Bertz CT molecular complexity index is 1280. The van der Waals surface area contributed by atoms with Gasteiger partial charge in [-0.2, -0.15) is 0 Å². The number of fused-ring (bicyclic) bond motifs is 7. The SMILES string of the molecule is COc1ccc(N2CCN(C(=O)c3ccc4c(c3)[C@@H]3[C@H]5CC[C@@H](C5)[C@H]3[C@@H](c3ccccc3)N4)CC2)cc1. The second kappa shape index (κ2) is 9.13. The number of amides is 1. The van der Waals surface area contributed by atoms with Crippen LogP contribution in [-0.2, 0) is 0 Å². The molecular weight excluding hydrogens is 458 g/mol. The van der Waals surface area contributed by atoms with Gasteiger partial charge in [0.1, 0.15) is 5.75 Å². The van der Waals surface area contributed by atoms with Crippen LogP contribution in [0.25, 0.3) is 0 Å². The topological polar surface area (TPSA) is 44.8 Å². The van der Waals surface area contributed by atoms with Crippen molar-refractivity contribution >= 4 is 17.3 Å². The molecule has 2 bridgehead atoms. The normalized spacial score (nSPS) is 27.9. The molecule has 0 aromatic heterocycles. The van der Waals surface area contributed by atoms with E-state index in [9.17, 15) is 4.79 Å². The molecule has 2 saturated carbocycles. The molecule has 0 spiro atoms. The van der Waals surface area contributed by atoms with Gasteiger partial charge >= 0.3 is 0 Å². The number of nitrogens with zero attached hydrogens (tertiary/aromatic N) is 2. The molecule has 2 heterocycles. The van der Waals surface area contributed by atoms with E-state index in [1.54, 1.807) is 7.11 Å². The molecule has 190 valence electrons. The highest BCUT2D eigenvalue weighted by Gasteiger charge is 2.53. The van der Waals surface area contributed by atoms with Gasteiger partial charge in [0.2, 0.25) is 0 Å². The number of benzene rings is 3. The summed E-state index contributed by atoms with van der Waals surface area (Å²) < 4.78 is 5.29. The highest BCUT2D eigenvalue weighted by Crippen LogP contribution is 2.63. The predicted molar refractivity (Wildman–Crippen MR) is 147 cm³/mol. The van der Waals surface area contributed by atoms with Crippen LogP contribution in [-0.4, -0.2) is 44.1 Å². The van der Waals surface area contributed by atoms with Crippen LogP contribution in [0.4, 0.5) is 11.4 Å². The molecule has 2 aliphatic carbocycles. The Hall–Kier alpha value is -3.47. The van der Waals surface area contributed by atoms with E-state index in [0.29, 0.717) is 17.9 Å². The first kappa shape index (κ1) is 22.7. The summed E-state index contributed by atoms with van der Waals surface area (Å²) in [5.74, 6) is 3.74. The third-order valence-electron chi connectivity index (χ3n) is 9.50. The van der Waals surface area contributed by atoms with Crippen LogP contribution in [0.1, 0.15) is 52.7 Å². The second-order valence-electron chi connectivity index (χ2n) is 11.2. The lowest BCUT2D eigenvalue weighted by atomic mass is 9.68. The van der Waals surface area contributed by atoms with E-state index < -0.39 is 0 Å². The molecule has 1 saturated heterocycles. The van der Waals surface area contributed by atoms with Gasteiger partial charge in [0.15, 0.2) is 0 Å². The van der Waals surface area contributed by atoms with Crippen LogP contribution in [0.15, 0.2) is 72.8 Å². The first-order chi connectivity index (χ1) is 18.2. The Kier molecular flexibility index (Phi) is 5.60. The quantitative estimate of drug-likeness (QED) is 0.488. The summed E-state index contributed by atoms with van der Waals surface area (Å²) in [4.78, 5) is 18.0. The summed E-state index contributed by atoms with van der Waals surface area (Å²) >= 11 is 0. The molecule has 5 heteroatoms. The Balaban J connectivity index is 1.11. The zero-order valence-corrected chi connectivity index (χ0v) is 21.5. The first-order valence-electron chi connectivity index (χ1n) is 13.8. The number of ether oxygens (including phenoxy) is 1. The lowest BCUT2D eigenvalue weighted by Gasteiger charge is -2.44. The number of nitrogens with one attached hydrogen (secondary N) is 1. The van der Waals surface area contributed by atoms with E-state index in [1.165, 1.54) is 41.8 Å². The van der Waals surface area contributed by atoms with Crippen molar-refractivity contribution in [3.05, 3.63) is 89.5 Å². The van der Waals surface area contributed by atoms with Gasteiger partial charge in [-0.25, -0.2) is 0 Å². The Labute approximate surface area is 219 Å². The molecule has 2 aliphatic heterocycles. The highest BCUT2D eigenvalue weighted by molar-refractivity contribution is 5.95. The Morgan fingerprint density at radius 2 is 1.65 bits per heavy atom.